The zero-order chi connectivity index (χ0) is 13.9. The maximum Gasteiger partial charge on any atom is 0.435 e. The van der Waals surface area contributed by atoms with Gasteiger partial charge in [0.25, 0.3) is 0 Å². The van der Waals surface area contributed by atoms with Crippen LogP contribution >= 0.6 is 0 Å². The minimum Gasteiger partial charge on any atom is -0.366 e. The van der Waals surface area contributed by atoms with Crippen molar-refractivity contribution in [2.24, 2.45) is 5.92 Å². The second-order valence-electron chi connectivity index (χ2n) is 5.01. The van der Waals surface area contributed by atoms with Crippen LogP contribution < -0.4 is 5.32 Å². The van der Waals surface area contributed by atoms with Crippen molar-refractivity contribution in [3.8, 4) is 0 Å². The van der Waals surface area contributed by atoms with E-state index in [1.54, 1.807) is 0 Å². The van der Waals surface area contributed by atoms with Gasteiger partial charge in [-0.25, -0.2) is 0 Å². The Morgan fingerprint density at radius 3 is 2.53 bits per heavy atom. The molecule has 0 bridgehead atoms. The fourth-order valence-corrected chi connectivity index (χ4v) is 2.64. The summed E-state index contributed by atoms with van der Waals surface area (Å²) in [6.45, 7) is 2.14. The average Bonchev–Trinajstić information content (AvgIpc) is 2.39. The first kappa shape index (κ1) is 14.1. The highest BCUT2D eigenvalue weighted by Gasteiger charge is 2.33. The summed E-state index contributed by atoms with van der Waals surface area (Å²) in [4.78, 5) is 0. The van der Waals surface area contributed by atoms with Crippen molar-refractivity contribution in [2.75, 3.05) is 5.32 Å². The lowest BCUT2D eigenvalue weighted by molar-refractivity contribution is -0.141. The van der Waals surface area contributed by atoms with Gasteiger partial charge in [-0.2, -0.15) is 13.2 Å². The zero-order valence-electron chi connectivity index (χ0n) is 10.9. The first-order valence-electron chi connectivity index (χ1n) is 6.68. The molecule has 19 heavy (non-hydrogen) atoms. The number of alkyl halides is 3. The Morgan fingerprint density at radius 2 is 1.95 bits per heavy atom. The van der Waals surface area contributed by atoms with Gasteiger partial charge in [0.15, 0.2) is 5.69 Å². The molecule has 1 fully saturated rings. The summed E-state index contributed by atoms with van der Waals surface area (Å²) in [6.07, 6.45) is 1.25. The molecule has 2 atom stereocenters. The van der Waals surface area contributed by atoms with Crippen molar-refractivity contribution in [3.63, 3.8) is 0 Å². The molecule has 3 nitrogen and oxygen atoms in total. The molecule has 0 aromatic carbocycles. The lowest BCUT2D eigenvalue weighted by Gasteiger charge is -2.31. The number of rotatable bonds is 3. The molecule has 2 unspecified atom stereocenters. The molecule has 1 saturated carbocycles. The highest BCUT2D eigenvalue weighted by molar-refractivity contribution is 5.35. The van der Waals surface area contributed by atoms with Crippen LogP contribution in [0.1, 0.15) is 44.7 Å². The number of nitrogens with one attached hydrogen (secondary N) is 1. The maximum absolute atomic E-state index is 12.4. The minimum absolute atomic E-state index is 0.296. The standard InChI is InChI=1S/C13H18F3N3/c1-2-9-5-3-4-6-10(9)17-12-8-7-11(18-19-12)13(14,15)16/h7-10H,2-6H2,1H3,(H,17,19). The summed E-state index contributed by atoms with van der Waals surface area (Å²) in [6, 6.07) is 2.63. The first-order valence-corrected chi connectivity index (χ1v) is 6.68. The Balaban J connectivity index is 2.02. The van der Waals surface area contributed by atoms with Crippen LogP contribution in [0.25, 0.3) is 0 Å². The predicted molar refractivity (Wildman–Crippen MR) is 66.7 cm³/mol. The second-order valence-corrected chi connectivity index (χ2v) is 5.01. The van der Waals surface area contributed by atoms with Crippen LogP contribution in [-0.2, 0) is 6.18 Å². The first-order chi connectivity index (χ1) is 9.00. The predicted octanol–water partition coefficient (Wildman–Crippen LogP) is 3.88. The van der Waals surface area contributed by atoms with Crippen LogP contribution in [0, 0.1) is 5.92 Å². The molecule has 6 heteroatoms. The molecule has 1 aromatic rings. The van der Waals surface area contributed by atoms with E-state index in [0.29, 0.717) is 17.8 Å². The van der Waals surface area contributed by atoms with Gasteiger partial charge in [-0.1, -0.05) is 26.2 Å². The Hall–Kier alpha value is -1.33. The molecule has 1 aliphatic rings. The van der Waals surface area contributed by atoms with Crippen LogP contribution in [0.2, 0.25) is 0 Å². The van der Waals surface area contributed by atoms with Crippen LogP contribution in [0.3, 0.4) is 0 Å². The molecule has 106 valence electrons. The van der Waals surface area contributed by atoms with Crippen molar-refractivity contribution in [2.45, 2.75) is 51.2 Å². The summed E-state index contributed by atoms with van der Waals surface area (Å²) < 4.78 is 37.1. The Kier molecular flexibility index (Phi) is 4.27. The Bertz CT molecular complexity index is 403. The third-order valence-electron chi connectivity index (χ3n) is 3.72. The van der Waals surface area contributed by atoms with E-state index in [0.717, 1.165) is 25.3 Å². The number of hydrogen-bond acceptors (Lipinski definition) is 3. The number of halogens is 3. The molecule has 1 heterocycles. The maximum atomic E-state index is 12.4. The smallest absolute Gasteiger partial charge is 0.366 e. The summed E-state index contributed by atoms with van der Waals surface area (Å²) in [7, 11) is 0. The molecule has 0 amide bonds. The normalized spacial score (nSPS) is 24.2. The molecular weight excluding hydrogens is 255 g/mol. The third-order valence-corrected chi connectivity index (χ3v) is 3.72. The number of nitrogens with zero attached hydrogens (tertiary/aromatic N) is 2. The topological polar surface area (TPSA) is 37.8 Å². The van der Waals surface area contributed by atoms with Crippen molar-refractivity contribution in [1.29, 1.82) is 0 Å². The lowest BCUT2D eigenvalue weighted by atomic mass is 9.83. The van der Waals surface area contributed by atoms with E-state index in [2.05, 4.69) is 22.4 Å². The third kappa shape index (κ3) is 3.58. The molecule has 1 aliphatic carbocycles. The Labute approximate surface area is 110 Å². The van der Waals surface area contributed by atoms with Gasteiger partial charge in [0.05, 0.1) is 0 Å². The second kappa shape index (κ2) is 5.75. The van der Waals surface area contributed by atoms with Gasteiger partial charge in [0, 0.05) is 6.04 Å². The van der Waals surface area contributed by atoms with E-state index in [1.165, 1.54) is 18.9 Å². The highest BCUT2D eigenvalue weighted by atomic mass is 19.4. The molecule has 1 N–H and O–H groups in total. The van der Waals surface area contributed by atoms with Gasteiger partial charge in [0.2, 0.25) is 0 Å². The fraction of sp³-hybridized carbons (Fsp3) is 0.692. The minimum atomic E-state index is -4.43. The average molecular weight is 273 g/mol. The van der Waals surface area contributed by atoms with Crippen molar-refractivity contribution in [1.82, 2.24) is 10.2 Å². The van der Waals surface area contributed by atoms with Crippen LogP contribution in [-0.4, -0.2) is 16.2 Å². The van der Waals surface area contributed by atoms with E-state index in [1.807, 2.05) is 0 Å². The van der Waals surface area contributed by atoms with E-state index in [9.17, 15) is 13.2 Å². The van der Waals surface area contributed by atoms with Gasteiger partial charge in [-0.15, -0.1) is 10.2 Å². The summed E-state index contributed by atoms with van der Waals surface area (Å²) in [5.74, 6) is 0.996. The zero-order valence-corrected chi connectivity index (χ0v) is 10.9. The summed E-state index contributed by atoms with van der Waals surface area (Å²) >= 11 is 0. The van der Waals surface area contributed by atoms with Crippen LogP contribution in [0.4, 0.5) is 19.0 Å². The van der Waals surface area contributed by atoms with Crippen molar-refractivity contribution >= 4 is 5.82 Å². The summed E-state index contributed by atoms with van der Waals surface area (Å²) in [5.41, 5.74) is -0.950. The van der Waals surface area contributed by atoms with E-state index >= 15 is 0 Å². The van der Waals surface area contributed by atoms with Crippen molar-refractivity contribution in [3.05, 3.63) is 17.8 Å². The highest BCUT2D eigenvalue weighted by Crippen LogP contribution is 2.30. The SMILES string of the molecule is CCC1CCCCC1Nc1ccc(C(F)(F)F)nn1. The number of anilines is 1. The molecule has 0 saturated heterocycles. The Morgan fingerprint density at radius 1 is 1.21 bits per heavy atom. The molecule has 2 rings (SSSR count). The lowest BCUT2D eigenvalue weighted by Crippen LogP contribution is -2.32. The van der Waals surface area contributed by atoms with Gasteiger partial charge in [-0.3, -0.25) is 0 Å². The largest absolute Gasteiger partial charge is 0.435 e. The van der Waals surface area contributed by atoms with E-state index < -0.39 is 11.9 Å². The van der Waals surface area contributed by atoms with Gasteiger partial charge in [-0.05, 0) is 30.9 Å². The molecule has 1 aromatic heterocycles. The number of hydrogen-bond donors (Lipinski definition) is 1. The monoisotopic (exact) mass is 273 g/mol. The molecular formula is C13H18F3N3. The van der Waals surface area contributed by atoms with Crippen molar-refractivity contribution < 1.29 is 13.2 Å². The molecule has 0 spiro atoms. The van der Waals surface area contributed by atoms with Crippen LogP contribution in [0.5, 0.6) is 0 Å². The van der Waals surface area contributed by atoms with Gasteiger partial charge >= 0.3 is 6.18 Å². The molecule has 0 aliphatic heterocycles. The summed E-state index contributed by atoms with van der Waals surface area (Å²) in [5, 5.41) is 10.1. The van der Waals surface area contributed by atoms with E-state index in [4.69, 9.17) is 0 Å². The quantitative estimate of drug-likeness (QED) is 0.908. The van der Waals surface area contributed by atoms with E-state index in [-0.39, 0.29) is 0 Å². The van der Waals surface area contributed by atoms with Gasteiger partial charge in [0.1, 0.15) is 5.82 Å². The fourth-order valence-electron chi connectivity index (χ4n) is 2.64. The molecule has 0 radical (unpaired) electrons. The number of aromatic nitrogens is 2. The van der Waals surface area contributed by atoms with Crippen LogP contribution in [0.15, 0.2) is 12.1 Å². The van der Waals surface area contributed by atoms with Gasteiger partial charge < -0.3 is 5.32 Å².